The number of carboxylic acids is 1. The Morgan fingerprint density at radius 2 is 1.95 bits per heavy atom. The van der Waals surface area contributed by atoms with Gasteiger partial charge in [0.1, 0.15) is 5.56 Å². The Bertz CT molecular complexity index is 493. The lowest BCUT2D eigenvalue weighted by atomic mass is 10.0. The SMILES string of the molecule is CCN(C(=O)c1c(C)noc1C(C)C)C(C)CC(=O)O. The quantitative estimate of drug-likeness (QED) is 0.866. The molecule has 0 saturated carbocycles. The van der Waals surface area contributed by atoms with Crippen molar-refractivity contribution in [2.45, 2.75) is 53.0 Å². The number of carbonyl (C=O) groups is 2. The number of aryl methyl sites for hydroxylation is 1. The van der Waals surface area contributed by atoms with Crippen LogP contribution in [0.1, 0.15) is 61.8 Å². The average molecular weight is 282 g/mol. The Hall–Kier alpha value is -1.85. The largest absolute Gasteiger partial charge is 0.481 e. The molecule has 0 spiro atoms. The minimum atomic E-state index is -0.921. The van der Waals surface area contributed by atoms with E-state index in [0.717, 1.165) is 0 Å². The number of aromatic nitrogens is 1. The summed E-state index contributed by atoms with van der Waals surface area (Å²) >= 11 is 0. The van der Waals surface area contributed by atoms with Crippen molar-refractivity contribution in [2.24, 2.45) is 0 Å². The van der Waals surface area contributed by atoms with Crippen molar-refractivity contribution in [2.75, 3.05) is 6.54 Å². The molecule has 0 radical (unpaired) electrons. The summed E-state index contributed by atoms with van der Waals surface area (Å²) in [5.41, 5.74) is 0.999. The number of nitrogens with zero attached hydrogens (tertiary/aromatic N) is 2. The van der Waals surface area contributed by atoms with E-state index >= 15 is 0 Å². The van der Waals surface area contributed by atoms with Gasteiger partial charge in [0.05, 0.1) is 12.1 Å². The molecule has 0 aromatic carbocycles. The van der Waals surface area contributed by atoms with Crippen molar-refractivity contribution in [3.63, 3.8) is 0 Å². The van der Waals surface area contributed by atoms with E-state index in [0.29, 0.717) is 23.6 Å². The van der Waals surface area contributed by atoms with Gasteiger partial charge in [0, 0.05) is 18.5 Å². The molecule has 0 saturated heterocycles. The van der Waals surface area contributed by atoms with E-state index in [4.69, 9.17) is 9.63 Å². The number of aliphatic carboxylic acids is 1. The Morgan fingerprint density at radius 1 is 1.35 bits per heavy atom. The summed E-state index contributed by atoms with van der Waals surface area (Å²) in [4.78, 5) is 25.0. The molecule has 1 aromatic rings. The van der Waals surface area contributed by atoms with Crippen molar-refractivity contribution in [1.29, 1.82) is 0 Å². The van der Waals surface area contributed by atoms with Gasteiger partial charge >= 0.3 is 5.97 Å². The molecule has 1 N–H and O–H groups in total. The summed E-state index contributed by atoms with van der Waals surface area (Å²) in [6.45, 7) is 9.57. The van der Waals surface area contributed by atoms with Crippen LogP contribution in [0.15, 0.2) is 4.52 Å². The molecule has 1 aromatic heterocycles. The molecule has 1 heterocycles. The predicted octanol–water partition coefficient (Wildman–Crippen LogP) is 2.43. The number of hydrogen-bond acceptors (Lipinski definition) is 4. The highest BCUT2D eigenvalue weighted by Gasteiger charge is 2.29. The van der Waals surface area contributed by atoms with Crippen LogP contribution in [0.25, 0.3) is 0 Å². The third kappa shape index (κ3) is 3.37. The fraction of sp³-hybridized carbons (Fsp3) is 0.643. The zero-order chi connectivity index (χ0) is 15.4. The van der Waals surface area contributed by atoms with E-state index in [9.17, 15) is 9.59 Å². The van der Waals surface area contributed by atoms with Gasteiger partial charge in [0.2, 0.25) is 0 Å². The zero-order valence-electron chi connectivity index (χ0n) is 12.6. The first-order chi connectivity index (χ1) is 9.29. The predicted molar refractivity (Wildman–Crippen MR) is 73.8 cm³/mol. The molecule has 0 aliphatic rings. The van der Waals surface area contributed by atoms with Crippen LogP contribution in [0, 0.1) is 6.92 Å². The normalized spacial score (nSPS) is 12.5. The summed E-state index contributed by atoms with van der Waals surface area (Å²) in [7, 11) is 0. The van der Waals surface area contributed by atoms with Gasteiger partial charge in [-0.15, -0.1) is 0 Å². The van der Waals surface area contributed by atoms with E-state index in [1.54, 1.807) is 18.7 Å². The van der Waals surface area contributed by atoms with E-state index < -0.39 is 5.97 Å². The number of carbonyl (C=O) groups excluding carboxylic acids is 1. The number of hydrogen-bond donors (Lipinski definition) is 1. The Kier molecular flexibility index (Phi) is 5.30. The topological polar surface area (TPSA) is 83.6 Å². The van der Waals surface area contributed by atoms with Crippen LogP contribution in [0.3, 0.4) is 0 Å². The number of amides is 1. The third-order valence-corrected chi connectivity index (χ3v) is 3.23. The van der Waals surface area contributed by atoms with Crippen LogP contribution >= 0.6 is 0 Å². The molecule has 6 nitrogen and oxygen atoms in total. The molecule has 0 fully saturated rings. The van der Waals surface area contributed by atoms with Gasteiger partial charge in [-0.1, -0.05) is 19.0 Å². The highest BCUT2D eigenvalue weighted by molar-refractivity contribution is 5.96. The molecule has 0 aliphatic heterocycles. The van der Waals surface area contributed by atoms with E-state index in [-0.39, 0.29) is 24.3 Å². The van der Waals surface area contributed by atoms with Crippen molar-refractivity contribution < 1.29 is 19.2 Å². The van der Waals surface area contributed by atoms with Gasteiger partial charge in [-0.2, -0.15) is 0 Å². The Balaban J connectivity index is 3.08. The molecule has 112 valence electrons. The van der Waals surface area contributed by atoms with Gasteiger partial charge in [0.25, 0.3) is 5.91 Å². The first-order valence-corrected chi connectivity index (χ1v) is 6.78. The second-order valence-electron chi connectivity index (χ2n) is 5.20. The molecule has 0 aliphatic carbocycles. The van der Waals surface area contributed by atoms with Crippen molar-refractivity contribution >= 4 is 11.9 Å². The van der Waals surface area contributed by atoms with Gasteiger partial charge in [0.15, 0.2) is 5.76 Å². The first kappa shape index (κ1) is 16.2. The van der Waals surface area contributed by atoms with Crippen LogP contribution < -0.4 is 0 Å². The monoisotopic (exact) mass is 282 g/mol. The lowest BCUT2D eigenvalue weighted by Gasteiger charge is -2.27. The molecular weight excluding hydrogens is 260 g/mol. The van der Waals surface area contributed by atoms with E-state index in [2.05, 4.69) is 5.16 Å². The van der Waals surface area contributed by atoms with Crippen molar-refractivity contribution in [1.82, 2.24) is 10.1 Å². The molecule has 1 rings (SSSR count). The van der Waals surface area contributed by atoms with Gasteiger partial charge < -0.3 is 14.5 Å². The van der Waals surface area contributed by atoms with Crippen LogP contribution in [-0.2, 0) is 4.79 Å². The van der Waals surface area contributed by atoms with Crippen LogP contribution in [0.5, 0.6) is 0 Å². The molecule has 6 heteroatoms. The summed E-state index contributed by atoms with van der Waals surface area (Å²) in [5, 5.41) is 12.7. The van der Waals surface area contributed by atoms with Gasteiger partial charge in [-0.3, -0.25) is 9.59 Å². The maximum absolute atomic E-state index is 12.6. The van der Waals surface area contributed by atoms with Crippen LogP contribution in [0.2, 0.25) is 0 Å². The Morgan fingerprint density at radius 3 is 2.40 bits per heavy atom. The maximum atomic E-state index is 12.6. The second kappa shape index (κ2) is 6.54. The van der Waals surface area contributed by atoms with Crippen molar-refractivity contribution in [3.8, 4) is 0 Å². The second-order valence-corrected chi connectivity index (χ2v) is 5.20. The van der Waals surface area contributed by atoms with E-state index in [1.807, 2.05) is 20.8 Å². The fourth-order valence-corrected chi connectivity index (χ4v) is 2.20. The molecule has 1 atom stereocenters. The molecular formula is C14H22N2O4. The van der Waals surface area contributed by atoms with E-state index in [1.165, 1.54) is 0 Å². The maximum Gasteiger partial charge on any atom is 0.305 e. The minimum absolute atomic E-state index is 0.0450. The zero-order valence-corrected chi connectivity index (χ0v) is 12.6. The Labute approximate surface area is 118 Å². The molecule has 1 amide bonds. The minimum Gasteiger partial charge on any atom is -0.481 e. The summed E-state index contributed by atoms with van der Waals surface area (Å²) in [6, 6.07) is -0.376. The third-order valence-electron chi connectivity index (χ3n) is 3.23. The standard InChI is InChI=1S/C14H22N2O4/c1-6-16(9(4)7-11(17)18)14(19)12-10(5)15-20-13(12)8(2)3/h8-9H,6-7H2,1-5H3,(H,17,18). The highest BCUT2D eigenvalue weighted by Crippen LogP contribution is 2.24. The van der Waals surface area contributed by atoms with Crippen LogP contribution in [0.4, 0.5) is 0 Å². The average Bonchev–Trinajstić information content (AvgIpc) is 2.70. The smallest absolute Gasteiger partial charge is 0.305 e. The van der Waals surface area contributed by atoms with Crippen LogP contribution in [-0.4, -0.2) is 39.6 Å². The summed E-state index contributed by atoms with van der Waals surface area (Å²) in [5.74, 6) is -0.546. The molecule has 20 heavy (non-hydrogen) atoms. The fourth-order valence-electron chi connectivity index (χ4n) is 2.20. The van der Waals surface area contributed by atoms with Gasteiger partial charge in [-0.25, -0.2) is 0 Å². The molecule has 0 bridgehead atoms. The molecule has 1 unspecified atom stereocenters. The van der Waals surface area contributed by atoms with Crippen molar-refractivity contribution in [3.05, 3.63) is 17.0 Å². The van der Waals surface area contributed by atoms with Gasteiger partial charge in [-0.05, 0) is 20.8 Å². The lowest BCUT2D eigenvalue weighted by Crippen LogP contribution is -2.40. The lowest BCUT2D eigenvalue weighted by molar-refractivity contribution is -0.138. The number of carboxylic acid groups (broad SMARTS) is 1. The summed E-state index contributed by atoms with van der Waals surface area (Å²) < 4.78 is 5.22. The highest BCUT2D eigenvalue weighted by atomic mass is 16.5. The first-order valence-electron chi connectivity index (χ1n) is 6.78. The summed E-state index contributed by atoms with van der Waals surface area (Å²) in [6.07, 6.45) is -0.0824. The number of rotatable bonds is 6.